The van der Waals surface area contributed by atoms with Crippen molar-refractivity contribution < 1.29 is 0 Å². The molecule has 0 spiro atoms. The van der Waals surface area contributed by atoms with E-state index in [1.807, 2.05) is 0 Å². The van der Waals surface area contributed by atoms with E-state index in [2.05, 4.69) is 31.1 Å². The third-order valence-electron chi connectivity index (χ3n) is 6.41. The van der Waals surface area contributed by atoms with Crippen LogP contribution in [0.25, 0.3) is 0 Å². The first-order valence-electron chi connectivity index (χ1n) is 8.61. The molecule has 110 valence electrons. The Morgan fingerprint density at radius 3 is 2.11 bits per heavy atom. The summed E-state index contributed by atoms with van der Waals surface area (Å²) in [6.07, 6.45) is 11.4. The van der Waals surface area contributed by atoms with Crippen molar-refractivity contribution in [1.29, 1.82) is 0 Å². The molecule has 2 bridgehead atoms. The fourth-order valence-corrected chi connectivity index (χ4v) is 4.78. The Kier molecular flexibility index (Phi) is 4.19. The SMILES string of the molecule is CC1CCC(NC2CC3CCCC(C2)N3C)CC1C. The normalized spacial score (nSPS) is 48.2. The van der Waals surface area contributed by atoms with Gasteiger partial charge in [0.15, 0.2) is 0 Å². The van der Waals surface area contributed by atoms with E-state index in [1.165, 1.54) is 51.4 Å². The van der Waals surface area contributed by atoms with Crippen LogP contribution in [-0.4, -0.2) is 36.1 Å². The van der Waals surface area contributed by atoms with Gasteiger partial charge in [0, 0.05) is 24.2 Å². The molecule has 0 aromatic carbocycles. The van der Waals surface area contributed by atoms with E-state index in [4.69, 9.17) is 0 Å². The standard InChI is InChI=1S/C17H32N2/c1-12-7-8-14(9-13(12)2)18-15-10-16-5-4-6-17(11-15)19(16)3/h12-18H,4-11H2,1-3H3. The molecule has 0 aromatic rings. The van der Waals surface area contributed by atoms with Gasteiger partial charge in [0.25, 0.3) is 0 Å². The first kappa shape index (κ1) is 13.9. The van der Waals surface area contributed by atoms with Gasteiger partial charge in [0.2, 0.25) is 0 Å². The molecule has 2 heteroatoms. The topological polar surface area (TPSA) is 15.3 Å². The molecule has 3 aliphatic rings. The van der Waals surface area contributed by atoms with Crippen molar-refractivity contribution >= 4 is 0 Å². The van der Waals surface area contributed by atoms with E-state index in [1.54, 1.807) is 0 Å². The maximum Gasteiger partial charge on any atom is 0.0110 e. The number of nitrogens with one attached hydrogen (secondary N) is 1. The zero-order valence-electron chi connectivity index (χ0n) is 13.1. The molecule has 0 amide bonds. The maximum atomic E-state index is 4.03. The summed E-state index contributed by atoms with van der Waals surface area (Å²) in [5.74, 6) is 1.85. The summed E-state index contributed by atoms with van der Waals surface area (Å²) >= 11 is 0. The maximum absolute atomic E-state index is 4.03. The molecular formula is C17H32N2. The highest BCUT2D eigenvalue weighted by molar-refractivity contribution is 4.95. The van der Waals surface area contributed by atoms with Gasteiger partial charge in [0.1, 0.15) is 0 Å². The highest BCUT2D eigenvalue weighted by Crippen LogP contribution is 2.34. The number of fused-ring (bicyclic) bond motifs is 2. The van der Waals surface area contributed by atoms with Crippen molar-refractivity contribution in [3.63, 3.8) is 0 Å². The van der Waals surface area contributed by atoms with Gasteiger partial charge in [-0.15, -0.1) is 0 Å². The summed E-state index contributed by atoms with van der Waals surface area (Å²) in [6, 6.07) is 3.34. The first-order valence-corrected chi connectivity index (χ1v) is 8.61. The van der Waals surface area contributed by atoms with Crippen LogP contribution < -0.4 is 5.32 Å². The summed E-state index contributed by atoms with van der Waals surface area (Å²) in [4.78, 5) is 2.67. The van der Waals surface area contributed by atoms with E-state index >= 15 is 0 Å². The van der Waals surface area contributed by atoms with Crippen molar-refractivity contribution in [2.75, 3.05) is 7.05 Å². The minimum absolute atomic E-state index is 0.803. The monoisotopic (exact) mass is 264 g/mol. The number of hydrogen-bond acceptors (Lipinski definition) is 2. The molecule has 5 atom stereocenters. The molecule has 3 rings (SSSR count). The minimum atomic E-state index is 0.803. The van der Waals surface area contributed by atoms with Crippen molar-refractivity contribution in [1.82, 2.24) is 10.2 Å². The van der Waals surface area contributed by atoms with Gasteiger partial charge in [-0.3, -0.25) is 0 Å². The van der Waals surface area contributed by atoms with Crippen LogP contribution in [-0.2, 0) is 0 Å². The first-order chi connectivity index (χ1) is 9.13. The number of nitrogens with zero attached hydrogens (tertiary/aromatic N) is 1. The van der Waals surface area contributed by atoms with Crippen LogP contribution in [0.4, 0.5) is 0 Å². The summed E-state index contributed by atoms with van der Waals surface area (Å²) in [7, 11) is 2.36. The van der Waals surface area contributed by atoms with E-state index in [-0.39, 0.29) is 0 Å². The van der Waals surface area contributed by atoms with Crippen LogP contribution in [0.15, 0.2) is 0 Å². The highest BCUT2D eigenvalue weighted by atomic mass is 15.2. The molecule has 19 heavy (non-hydrogen) atoms. The van der Waals surface area contributed by atoms with Crippen LogP contribution >= 0.6 is 0 Å². The fraction of sp³-hybridized carbons (Fsp3) is 1.00. The van der Waals surface area contributed by atoms with Crippen molar-refractivity contribution in [3.05, 3.63) is 0 Å². The van der Waals surface area contributed by atoms with Crippen LogP contribution in [0.5, 0.6) is 0 Å². The molecule has 0 radical (unpaired) electrons. The van der Waals surface area contributed by atoms with Gasteiger partial charge < -0.3 is 10.2 Å². The van der Waals surface area contributed by atoms with Gasteiger partial charge in [0.05, 0.1) is 0 Å². The van der Waals surface area contributed by atoms with Crippen molar-refractivity contribution in [2.45, 2.75) is 89.4 Å². The second-order valence-electron chi connectivity index (χ2n) is 7.70. The molecule has 2 heterocycles. The molecule has 0 aromatic heterocycles. The molecule has 1 aliphatic carbocycles. The molecule has 1 N–H and O–H groups in total. The summed E-state index contributed by atoms with van der Waals surface area (Å²) in [6.45, 7) is 4.88. The predicted octanol–water partition coefficient (Wildman–Crippen LogP) is 3.42. The lowest BCUT2D eigenvalue weighted by Crippen LogP contribution is -2.56. The molecule has 3 fully saturated rings. The number of rotatable bonds is 2. The Hall–Kier alpha value is -0.0800. The van der Waals surface area contributed by atoms with Gasteiger partial charge in [-0.1, -0.05) is 20.3 Å². The summed E-state index contributed by atoms with van der Waals surface area (Å²) in [5, 5.41) is 4.03. The quantitative estimate of drug-likeness (QED) is 0.822. The Morgan fingerprint density at radius 2 is 1.47 bits per heavy atom. The molecule has 1 saturated carbocycles. The second-order valence-corrected chi connectivity index (χ2v) is 7.70. The lowest BCUT2D eigenvalue weighted by Gasteiger charge is -2.48. The smallest absolute Gasteiger partial charge is 0.0110 e. The van der Waals surface area contributed by atoms with E-state index in [0.717, 1.165) is 36.0 Å². The van der Waals surface area contributed by atoms with Crippen LogP contribution in [0.2, 0.25) is 0 Å². The Morgan fingerprint density at radius 1 is 0.789 bits per heavy atom. The molecule has 2 aliphatic heterocycles. The zero-order valence-corrected chi connectivity index (χ0v) is 13.1. The fourth-order valence-electron chi connectivity index (χ4n) is 4.78. The average molecular weight is 264 g/mol. The third-order valence-corrected chi connectivity index (χ3v) is 6.41. The van der Waals surface area contributed by atoms with E-state index in [9.17, 15) is 0 Å². The Balaban J connectivity index is 1.53. The molecule has 5 unspecified atom stereocenters. The molecular weight excluding hydrogens is 232 g/mol. The average Bonchev–Trinajstić information content (AvgIpc) is 2.35. The molecule has 2 nitrogen and oxygen atoms in total. The van der Waals surface area contributed by atoms with Crippen molar-refractivity contribution in [2.24, 2.45) is 11.8 Å². The Labute approximate surface area is 119 Å². The van der Waals surface area contributed by atoms with Crippen LogP contribution in [0.3, 0.4) is 0 Å². The highest BCUT2D eigenvalue weighted by Gasteiger charge is 2.37. The second kappa shape index (κ2) is 5.73. The number of hydrogen-bond donors (Lipinski definition) is 1. The lowest BCUT2D eigenvalue weighted by molar-refractivity contribution is 0.0424. The third kappa shape index (κ3) is 3.00. The van der Waals surface area contributed by atoms with E-state index in [0.29, 0.717) is 0 Å². The van der Waals surface area contributed by atoms with Gasteiger partial charge >= 0.3 is 0 Å². The largest absolute Gasteiger partial charge is 0.311 e. The number of piperidine rings is 2. The van der Waals surface area contributed by atoms with Crippen molar-refractivity contribution in [3.8, 4) is 0 Å². The van der Waals surface area contributed by atoms with E-state index < -0.39 is 0 Å². The minimum Gasteiger partial charge on any atom is -0.311 e. The van der Waals surface area contributed by atoms with Crippen LogP contribution in [0.1, 0.15) is 65.2 Å². The predicted molar refractivity (Wildman–Crippen MR) is 81.3 cm³/mol. The Bertz CT molecular complexity index is 290. The molecule has 2 saturated heterocycles. The summed E-state index contributed by atoms with van der Waals surface area (Å²) in [5.41, 5.74) is 0. The van der Waals surface area contributed by atoms with Gasteiger partial charge in [-0.2, -0.15) is 0 Å². The summed E-state index contributed by atoms with van der Waals surface area (Å²) < 4.78 is 0. The van der Waals surface area contributed by atoms with Gasteiger partial charge in [-0.25, -0.2) is 0 Å². The van der Waals surface area contributed by atoms with Gasteiger partial charge in [-0.05, 0) is 63.8 Å². The lowest BCUT2D eigenvalue weighted by atomic mass is 9.77. The zero-order chi connectivity index (χ0) is 13.4. The van der Waals surface area contributed by atoms with Crippen LogP contribution in [0, 0.1) is 11.8 Å².